The van der Waals surface area contributed by atoms with Crippen molar-refractivity contribution in [2.24, 2.45) is 10.9 Å². The van der Waals surface area contributed by atoms with E-state index in [1.165, 1.54) is 4.88 Å². The number of halogens is 4. The summed E-state index contributed by atoms with van der Waals surface area (Å²) >= 11 is 27.0. The molecule has 0 unspecified atom stereocenters. The molecule has 2 atom stereocenters. The second kappa shape index (κ2) is 23.4. The summed E-state index contributed by atoms with van der Waals surface area (Å²) in [6.45, 7) is 8.21. The number of piperidine rings is 1. The van der Waals surface area contributed by atoms with Crippen molar-refractivity contribution < 1.29 is 19.2 Å². The molecule has 1 fully saturated rings. The third-order valence-corrected chi connectivity index (χ3v) is 15.9. The van der Waals surface area contributed by atoms with Gasteiger partial charge < -0.3 is 4.90 Å². The molecule has 2 aliphatic rings. The minimum absolute atomic E-state index is 0.0175. The maximum absolute atomic E-state index is 14.7. The Balaban J connectivity index is 0.887. The van der Waals surface area contributed by atoms with Gasteiger partial charge in [-0.25, -0.2) is 0 Å². The lowest BCUT2D eigenvalue weighted by Crippen LogP contribution is -2.45. The molecule has 1 saturated heterocycles. The highest BCUT2D eigenvalue weighted by Crippen LogP contribution is 2.40. The topological polar surface area (TPSA) is 115 Å². The van der Waals surface area contributed by atoms with Gasteiger partial charge in [0, 0.05) is 81.9 Å². The summed E-state index contributed by atoms with van der Waals surface area (Å²) in [7, 11) is 0. The molecule has 9 nitrogen and oxygen atoms in total. The average Bonchev–Trinajstić information content (AvgIpc) is 3.83. The molecular formula is C57H55Cl4N5O4S. The number of ketones is 3. The Morgan fingerprint density at radius 2 is 1.37 bits per heavy atom. The Hall–Kier alpha value is -5.49. The van der Waals surface area contributed by atoms with Gasteiger partial charge >= 0.3 is 0 Å². The lowest BCUT2D eigenvalue weighted by Gasteiger charge is -2.33. The number of carbonyl (C=O) groups is 4. The van der Waals surface area contributed by atoms with Crippen LogP contribution in [-0.2, 0) is 25.6 Å². The number of thiophene rings is 1. The number of rotatable bonds is 18. The first-order valence-electron chi connectivity index (χ1n) is 24.0. The lowest BCUT2D eigenvalue weighted by atomic mass is 9.89. The van der Waals surface area contributed by atoms with E-state index >= 15 is 0 Å². The van der Waals surface area contributed by atoms with E-state index in [2.05, 4.69) is 28.6 Å². The van der Waals surface area contributed by atoms with Crippen molar-refractivity contribution in [2.45, 2.75) is 97.9 Å². The molecule has 2 aliphatic heterocycles. The molecule has 4 aromatic carbocycles. The SMILES string of the molecule is Cc1ccc(/C=C2\CN(C(=O)[C@@H](CC(=O)CCCCCCCC(=O)C[C@@H]3N=C(c4ccc(Cl)cc4)c4c(sc(C)c4C)-n4c(C)nnc43)Cc3ccccc3)C/C(=C\c3ccc(Cl)c(Cl)c3)C2=O)cc1Cl. The van der Waals surface area contributed by atoms with Crippen molar-refractivity contribution in [1.82, 2.24) is 19.7 Å². The molecule has 0 aliphatic carbocycles. The van der Waals surface area contributed by atoms with Gasteiger partial charge in [0.1, 0.15) is 28.4 Å². The second-order valence-electron chi connectivity index (χ2n) is 18.6. The highest BCUT2D eigenvalue weighted by molar-refractivity contribution is 7.15. The summed E-state index contributed by atoms with van der Waals surface area (Å²) < 4.78 is 2.06. The molecule has 0 N–H and O–H groups in total. The molecule has 2 aromatic heterocycles. The number of aryl methyl sites for hydroxylation is 3. The van der Waals surface area contributed by atoms with E-state index in [-0.39, 0.29) is 49.2 Å². The zero-order chi connectivity index (χ0) is 50.3. The fourth-order valence-electron chi connectivity index (χ4n) is 9.30. The number of Topliss-reactive ketones (excluding diaryl/α,β-unsaturated/α-hetero) is 3. The smallest absolute Gasteiger partial charge is 0.227 e. The van der Waals surface area contributed by atoms with E-state index in [0.717, 1.165) is 75.6 Å². The Kier molecular flexibility index (Phi) is 17.1. The molecule has 71 heavy (non-hydrogen) atoms. The number of nitrogens with zero attached hydrogens (tertiary/aromatic N) is 5. The van der Waals surface area contributed by atoms with Gasteiger partial charge in [-0.1, -0.05) is 126 Å². The molecule has 6 aromatic rings. The molecule has 0 spiro atoms. The quantitative estimate of drug-likeness (QED) is 0.0626. The van der Waals surface area contributed by atoms with Crippen molar-refractivity contribution in [1.29, 1.82) is 0 Å². The van der Waals surface area contributed by atoms with Gasteiger partial charge in [0.15, 0.2) is 11.6 Å². The van der Waals surface area contributed by atoms with Crippen LogP contribution >= 0.6 is 57.7 Å². The van der Waals surface area contributed by atoms with Gasteiger partial charge in [-0.3, -0.25) is 28.7 Å². The Morgan fingerprint density at radius 1 is 0.732 bits per heavy atom. The molecule has 0 saturated carbocycles. The third kappa shape index (κ3) is 12.6. The molecule has 0 radical (unpaired) electrons. The summed E-state index contributed by atoms with van der Waals surface area (Å²) in [6, 6.07) is 27.6. The number of hydrogen-bond donors (Lipinski definition) is 0. The van der Waals surface area contributed by atoms with Crippen LogP contribution in [0.4, 0.5) is 0 Å². The van der Waals surface area contributed by atoms with Crippen LogP contribution in [-0.4, -0.2) is 61.7 Å². The van der Waals surface area contributed by atoms with E-state index in [1.807, 2.05) is 80.6 Å². The highest BCUT2D eigenvalue weighted by atomic mass is 35.5. The van der Waals surface area contributed by atoms with Crippen molar-refractivity contribution >= 4 is 98.9 Å². The molecule has 0 bridgehead atoms. The van der Waals surface area contributed by atoms with Crippen molar-refractivity contribution in [2.75, 3.05) is 13.1 Å². The van der Waals surface area contributed by atoms with E-state index < -0.39 is 12.0 Å². The van der Waals surface area contributed by atoms with Crippen molar-refractivity contribution in [3.8, 4) is 5.00 Å². The maximum Gasteiger partial charge on any atom is 0.227 e. The number of aliphatic imine (C=N–C) groups is 1. The lowest BCUT2D eigenvalue weighted by molar-refractivity contribution is -0.138. The van der Waals surface area contributed by atoms with E-state index in [9.17, 15) is 19.2 Å². The van der Waals surface area contributed by atoms with Gasteiger partial charge in [-0.15, -0.1) is 21.5 Å². The predicted molar refractivity (Wildman–Crippen MR) is 289 cm³/mol. The Bertz CT molecular complexity index is 3010. The number of unbranched alkanes of at least 4 members (excludes halogenated alkanes) is 4. The Morgan fingerprint density at radius 3 is 2.03 bits per heavy atom. The molecule has 4 heterocycles. The summed E-state index contributed by atoms with van der Waals surface area (Å²) in [5.41, 5.74) is 8.05. The van der Waals surface area contributed by atoms with Crippen LogP contribution in [0.25, 0.3) is 17.2 Å². The molecule has 1 amide bonds. The molecule has 8 rings (SSSR count). The maximum atomic E-state index is 14.7. The largest absolute Gasteiger partial charge is 0.333 e. The van der Waals surface area contributed by atoms with Crippen molar-refractivity contribution in [3.63, 3.8) is 0 Å². The predicted octanol–water partition coefficient (Wildman–Crippen LogP) is 14.2. The van der Waals surface area contributed by atoms with Crippen LogP contribution in [0.2, 0.25) is 20.1 Å². The summed E-state index contributed by atoms with van der Waals surface area (Å²) in [5.74, 6) is 0.530. The molecule has 14 heteroatoms. The van der Waals surface area contributed by atoms with E-state index in [0.29, 0.717) is 68.3 Å². The number of benzene rings is 4. The zero-order valence-electron chi connectivity index (χ0n) is 40.2. The molecule has 366 valence electrons. The number of carbonyl (C=O) groups excluding carboxylic acids is 4. The fourth-order valence-corrected chi connectivity index (χ4v) is 11.1. The first kappa shape index (κ1) is 51.9. The number of likely N-dealkylation sites (tertiary alicyclic amines) is 1. The van der Waals surface area contributed by atoms with Crippen LogP contribution < -0.4 is 0 Å². The Labute approximate surface area is 439 Å². The van der Waals surface area contributed by atoms with Crippen LogP contribution in [0, 0.1) is 33.6 Å². The minimum atomic E-state index is -0.636. The summed E-state index contributed by atoms with van der Waals surface area (Å²) in [6.07, 6.45) is 8.91. The number of hydrogen-bond acceptors (Lipinski definition) is 8. The van der Waals surface area contributed by atoms with Gasteiger partial charge in [-0.05, 0) is 117 Å². The van der Waals surface area contributed by atoms with E-state index in [1.54, 1.807) is 52.7 Å². The third-order valence-electron chi connectivity index (χ3n) is 13.3. The first-order valence-corrected chi connectivity index (χ1v) is 26.4. The minimum Gasteiger partial charge on any atom is -0.333 e. The van der Waals surface area contributed by atoms with Crippen LogP contribution in [0.15, 0.2) is 107 Å². The number of aromatic nitrogens is 3. The normalized spacial score (nSPS) is 16.2. The standard InChI is InChI=1S/C57H55Cl4N5O4S/c1-34-17-18-39(28-49(34)60)26-43-32-65(33-44(54(43)69)27-40-19-24-48(59)50(61)29-40)56(70)42(25-38-13-9-8-10-14-38)30-46(67)15-11-6-5-7-12-16-47(68)31-51-55-64-63-37(4)66(55)57-52(35(2)36(3)71-57)53(62-51)41-20-22-45(58)23-21-41/h8-10,13-14,17-24,26-29,42,51H,5-7,11-12,15-16,25,30-33H2,1-4H3/b43-26+,44-27+/t42-,51+/m1/s1. The number of fused-ring (bicyclic) bond motifs is 3. The van der Waals surface area contributed by atoms with Gasteiger partial charge in [0.25, 0.3) is 0 Å². The average molecular weight is 1050 g/mol. The fraction of sp³-hybridized carbons (Fsp3) is 0.316. The summed E-state index contributed by atoms with van der Waals surface area (Å²) in [5, 5.41) is 11.9. The highest BCUT2D eigenvalue weighted by Gasteiger charge is 2.35. The summed E-state index contributed by atoms with van der Waals surface area (Å²) in [4.78, 5) is 64.3. The zero-order valence-corrected chi connectivity index (χ0v) is 44.1. The van der Waals surface area contributed by atoms with E-state index in [4.69, 9.17) is 51.4 Å². The van der Waals surface area contributed by atoms with Crippen molar-refractivity contribution in [3.05, 3.63) is 178 Å². The van der Waals surface area contributed by atoms with Crippen LogP contribution in [0.3, 0.4) is 0 Å². The van der Waals surface area contributed by atoms with Crippen LogP contribution in [0.5, 0.6) is 0 Å². The first-order chi connectivity index (χ1) is 34.1. The number of amides is 1. The van der Waals surface area contributed by atoms with Gasteiger partial charge in [0.05, 0.1) is 15.8 Å². The van der Waals surface area contributed by atoms with Crippen LogP contribution in [0.1, 0.15) is 119 Å². The monoisotopic (exact) mass is 1050 g/mol. The van der Waals surface area contributed by atoms with Gasteiger partial charge in [-0.2, -0.15) is 0 Å². The van der Waals surface area contributed by atoms with Gasteiger partial charge in [0.2, 0.25) is 5.91 Å². The second-order valence-corrected chi connectivity index (χ2v) is 21.5. The molecular weight excluding hydrogens is 993 g/mol.